The first-order chi connectivity index (χ1) is 12.6. The fraction of sp³-hybridized carbons (Fsp3) is 0.111. The highest BCUT2D eigenvalue weighted by Crippen LogP contribution is 2.22. The fourth-order valence-electron chi connectivity index (χ4n) is 2.71. The average molecular weight is 384 g/mol. The highest BCUT2D eigenvalue weighted by atomic mass is 35.5. The SMILES string of the molecule is C[C@H](Nc1nccc(-c2cnsc2)n1)c1cc2cc(Cl)ccc2[nH]c1=O. The van der Waals surface area contributed by atoms with Crippen LogP contribution in [0.2, 0.25) is 5.02 Å². The van der Waals surface area contributed by atoms with Gasteiger partial charge < -0.3 is 10.3 Å². The molecule has 0 saturated heterocycles. The van der Waals surface area contributed by atoms with Gasteiger partial charge >= 0.3 is 0 Å². The third-order valence-electron chi connectivity index (χ3n) is 4.03. The molecular formula is C18H14ClN5OS. The zero-order valence-electron chi connectivity index (χ0n) is 13.7. The number of aromatic amines is 1. The van der Waals surface area contributed by atoms with E-state index in [1.807, 2.05) is 30.5 Å². The van der Waals surface area contributed by atoms with Crippen LogP contribution in [0.25, 0.3) is 22.2 Å². The van der Waals surface area contributed by atoms with E-state index in [0.29, 0.717) is 16.5 Å². The van der Waals surface area contributed by atoms with Crippen molar-refractivity contribution in [2.75, 3.05) is 5.32 Å². The molecule has 0 aliphatic rings. The zero-order chi connectivity index (χ0) is 18.1. The topological polar surface area (TPSA) is 83.6 Å². The Morgan fingerprint density at radius 1 is 1.27 bits per heavy atom. The van der Waals surface area contributed by atoms with E-state index in [2.05, 4.69) is 24.6 Å². The third-order valence-corrected chi connectivity index (χ3v) is 4.85. The second-order valence-corrected chi connectivity index (χ2v) is 6.92. The van der Waals surface area contributed by atoms with Crippen LogP contribution in [0.4, 0.5) is 5.95 Å². The maximum absolute atomic E-state index is 12.4. The third kappa shape index (κ3) is 3.31. The predicted octanol–water partition coefficient (Wildman–Crippen LogP) is 4.27. The van der Waals surface area contributed by atoms with Gasteiger partial charge in [0.15, 0.2) is 0 Å². The summed E-state index contributed by atoms with van der Waals surface area (Å²) >= 11 is 7.42. The second-order valence-electron chi connectivity index (χ2n) is 5.83. The van der Waals surface area contributed by atoms with Gasteiger partial charge in [-0.1, -0.05) is 11.6 Å². The number of hydrogen-bond donors (Lipinski definition) is 2. The van der Waals surface area contributed by atoms with Crippen LogP contribution in [-0.4, -0.2) is 19.3 Å². The molecule has 1 aromatic carbocycles. The number of halogens is 1. The molecule has 1 atom stereocenters. The van der Waals surface area contributed by atoms with E-state index in [4.69, 9.17) is 11.6 Å². The quantitative estimate of drug-likeness (QED) is 0.549. The summed E-state index contributed by atoms with van der Waals surface area (Å²) < 4.78 is 4.09. The Hall–Kier alpha value is -2.77. The summed E-state index contributed by atoms with van der Waals surface area (Å²) in [6.07, 6.45) is 3.44. The van der Waals surface area contributed by atoms with Crippen LogP contribution in [-0.2, 0) is 0 Å². The predicted molar refractivity (Wildman–Crippen MR) is 105 cm³/mol. The minimum atomic E-state index is -0.280. The van der Waals surface area contributed by atoms with Gasteiger partial charge in [-0.05, 0) is 48.8 Å². The largest absolute Gasteiger partial charge is 0.347 e. The summed E-state index contributed by atoms with van der Waals surface area (Å²) in [4.78, 5) is 24.1. The molecule has 0 amide bonds. The molecule has 0 bridgehead atoms. The molecule has 4 rings (SSSR count). The van der Waals surface area contributed by atoms with E-state index in [1.54, 1.807) is 24.5 Å². The molecular weight excluding hydrogens is 370 g/mol. The van der Waals surface area contributed by atoms with Crippen molar-refractivity contribution in [2.24, 2.45) is 0 Å². The number of benzene rings is 1. The zero-order valence-corrected chi connectivity index (χ0v) is 15.3. The molecule has 26 heavy (non-hydrogen) atoms. The van der Waals surface area contributed by atoms with Gasteiger partial charge in [0.2, 0.25) is 5.95 Å². The van der Waals surface area contributed by atoms with Gasteiger partial charge in [0.05, 0.1) is 17.9 Å². The molecule has 2 N–H and O–H groups in total. The van der Waals surface area contributed by atoms with Crippen LogP contribution in [0.5, 0.6) is 0 Å². The summed E-state index contributed by atoms with van der Waals surface area (Å²) in [5.41, 5.74) is 2.90. The number of nitrogens with zero attached hydrogens (tertiary/aromatic N) is 3. The standard InChI is InChI=1S/C18H14ClN5OS/c1-10(14-7-11-6-13(19)2-3-15(11)23-17(14)25)22-18-20-5-4-16(24-18)12-8-21-26-9-12/h2-10H,1H3,(H,23,25)(H,20,22,24)/t10-/m0/s1. The van der Waals surface area contributed by atoms with Gasteiger partial charge in [-0.2, -0.15) is 0 Å². The van der Waals surface area contributed by atoms with Gasteiger partial charge in [0.25, 0.3) is 5.56 Å². The first kappa shape index (κ1) is 16.7. The minimum absolute atomic E-state index is 0.155. The normalized spacial score (nSPS) is 12.2. The molecule has 6 nitrogen and oxygen atoms in total. The lowest BCUT2D eigenvalue weighted by Crippen LogP contribution is -2.20. The van der Waals surface area contributed by atoms with Crippen molar-refractivity contribution in [3.63, 3.8) is 0 Å². The summed E-state index contributed by atoms with van der Waals surface area (Å²) in [5.74, 6) is 0.451. The molecule has 0 unspecified atom stereocenters. The highest BCUT2D eigenvalue weighted by molar-refractivity contribution is 7.03. The Kier molecular flexibility index (Phi) is 4.40. The Bertz CT molecular complexity index is 1130. The molecule has 4 aromatic rings. The van der Waals surface area contributed by atoms with Crippen molar-refractivity contribution in [1.82, 2.24) is 19.3 Å². The summed E-state index contributed by atoms with van der Waals surface area (Å²) in [5, 5.41) is 6.61. The van der Waals surface area contributed by atoms with Crippen molar-refractivity contribution in [3.8, 4) is 11.3 Å². The average Bonchev–Trinajstić information content (AvgIpc) is 3.16. The van der Waals surface area contributed by atoms with E-state index < -0.39 is 0 Å². The number of fused-ring (bicyclic) bond motifs is 1. The Morgan fingerprint density at radius 3 is 2.96 bits per heavy atom. The highest BCUT2D eigenvalue weighted by Gasteiger charge is 2.13. The summed E-state index contributed by atoms with van der Waals surface area (Å²) in [6, 6.07) is 8.75. The van der Waals surface area contributed by atoms with Crippen molar-refractivity contribution in [2.45, 2.75) is 13.0 Å². The molecule has 0 spiro atoms. The van der Waals surface area contributed by atoms with Crippen LogP contribution >= 0.6 is 23.1 Å². The van der Waals surface area contributed by atoms with E-state index in [9.17, 15) is 4.79 Å². The molecule has 3 aromatic heterocycles. The van der Waals surface area contributed by atoms with E-state index >= 15 is 0 Å². The van der Waals surface area contributed by atoms with Crippen molar-refractivity contribution in [1.29, 1.82) is 0 Å². The maximum atomic E-state index is 12.4. The van der Waals surface area contributed by atoms with Crippen molar-refractivity contribution >= 4 is 40.0 Å². The molecule has 3 heterocycles. The Morgan fingerprint density at radius 2 is 2.15 bits per heavy atom. The minimum Gasteiger partial charge on any atom is -0.347 e. The molecule has 0 aliphatic carbocycles. The van der Waals surface area contributed by atoms with Gasteiger partial charge in [-0.3, -0.25) is 4.79 Å². The van der Waals surface area contributed by atoms with Crippen LogP contribution in [0, 0.1) is 0 Å². The van der Waals surface area contributed by atoms with Crippen molar-refractivity contribution in [3.05, 3.63) is 69.0 Å². The molecule has 0 radical (unpaired) electrons. The lowest BCUT2D eigenvalue weighted by molar-refractivity contribution is 0.845. The second kappa shape index (κ2) is 6.86. The number of H-pyrrole nitrogens is 1. The number of pyridine rings is 1. The first-order valence-corrected chi connectivity index (χ1v) is 9.13. The number of aromatic nitrogens is 4. The number of nitrogens with one attached hydrogen (secondary N) is 2. The molecule has 0 saturated carbocycles. The fourth-order valence-corrected chi connectivity index (χ4v) is 3.42. The number of rotatable bonds is 4. The molecule has 0 fully saturated rings. The summed E-state index contributed by atoms with van der Waals surface area (Å²) in [6.45, 7) is 1.89. The Balaban J connectivity index is 1.65. The molecule has 130 valence electrons. The Labute approximate surface area is 158 Å². The molecule has 0 aliphatic heterocycles. The van der Waals surface area contributed by atoms with Gasteiger partial charge in [0.1, 0.15) is 0 Å². The monoisotopic (exact) mass is 383 g/mol. The lowest BCUT2D eigenvalue weighted by Gasteiger charge is -2.14. The van der Waals surface area contributed by atoms with Crippen molar-refractivity contribution < 1.29 is 0 Å². The van der Waals surface area contributed by atoms with Gasteiger partial charge in [-0.25, -0.2) is 14.3 Å². The number of anilines is 1. The van der Waals surface area contributed by atoms with E-state index in [0.717, 1.165) is 22.2 Å². The first-order valence-electron chi connectivity index (χ1n) is 7.92. The summed E-state index contributed by atoms with van der Waals surface area (Å²) in [7, 11) is 0. The van der Waals surface area contributed by atoms with Crippen LogP contribution in [0.3, 0.4) is 0 Å². The maximum Gasteiger partial charge on any atom is 0.253 e. The number of hydrogen-bond acceptors (Lipinski definition) is 6. The lowest BCUT2D eigenvalue weighted by atomic mass is 10.1. The van der Waals surface area contributed by atoms with Crippen LogP contribution < -0.4 is 10.9 Å². The molecule has 8 heteroatoms. The van der Waals surface area contributed by atoms with Gasteiger partial charge in [-0.15, -0.1) is 0 Å². The smallest absolute Gasteiger partial charge is 0.253 e. The van der Waals surface area contributed by atoms with Crippen LogP contribution in [0.15, 0.2) is 52.9 Å². The van der Waals surface area contributed by atoms with E-state index in [1.165, 1.54) is 11.5 Å². The van der Waals surface area contributed by atoms with Gasteiger partial charge in [0, 0.05) is 38.6 Å². The van der Waals surface area contributed by atoms with Crippen LogP contribution in [0.1, 0.15) is 18.5 Å². The van der Waals surface area contributed by atoms with E-state index in [-0.39, 0.29) is 11.6 Å².